The first-order chi connectivity index (χ1) is 8.12. The lowest BCUT2D eigenvalue weighted by Crippen LogP contribution is -2.22. The molecule has 1 aromatic rings. The number of anilines is 1. The SMILES string of the molecule is CC1(C)CCN(Cc2ccc3c(c2)CCN3)C1. The molecule has 0 radical (unpaired) electrons. The third-order valence-electron chi connectivity index (χ3n) is 4.04. The Balaban J connectivity index is 1.70. The molecular formula is C15H22N2. The summed E-state index contributed by atoms with van der Waals surface area (Å²) in [4.78, 5) is 2.59. The fourth-order valence-electron chi connectivity index (χ4n) is 3.07. The highest BCUT2D eigenvalue weighted by molar-refractivity contribution is 5.56. The van der Waals surface area contributed by atoms with Gasteiger partial charge in [0.2, 0.25) is 0 Å². The molecule has 1 aromatic carbocycles. The van der Waals surface area contributed by atoms with Crippen LogP contribution in [0.4, 0.5) is 5.69 Å². The number of rotatable bonds is 2. The van der Waals surface area contributed by atoms with Gasteiger partial charge in [0, 0.05) is 25.3 Å². The third-order valence-corrected chi connectivity index (χ3v) is 4.04. The highest BCUT2D eigenvalue weighted by Crippen LogP contribution is 2.30. The molecule has 2 heterocycles. The maximum atomic E-state index is 3.42. The number of nitrogens with zero attached hydrogens (tertiary/aromatic N) is 1. The Kier molecular flexibility index (Phi) is 2.62. The fourth-order valence-corrected chi connectivity index (χ4v) is 3.07. The molecule has 0 bridgehead atoms. The van der Waals surface area contributed by atoms with E-state index in [1.165, 1.54) is 42.7 Å². The van der Waals surface area contributed by atoms with Crippen molar-refractivity contribution in [3.8, 4) is 0 Å². The molecule has 3 rings (SSSR count). The molecule has 0 amide bonds. The molecule has 1 fully saturated rings. The Morgan fingerprint density at radius 3 is 3.00 bits per heavy atom. The monoisotopic (exact) mass is 230 g/mol. The van der Waals surface area contributed by atoms with Gasteiger partial charge in [-0.1, -0.05) is 26.0 Å². The molecule has 0 unspecified atom stereocenters. The van der Waals surface area contributed by atoms with Crippen molar-refractivity contribution in [2.45, 2.75) is 33.2 Å². The predicted molar refractivity (Wildman–Crippen MR) is 72.3 cm³/mol. The van der Waals surface area contributed by atoms with Crippen LogP contribution in [0.5, 0.6) is 0 Å². The van der Waals surface area contributed by atoms with Gasteiger partial charge in [-0.3, -0.25) is 4.90 Å². The molecular weight excluding hydrogens is 208 g/mol. The fraction of sp³-hybridized carbons (Fsp3) is 0.600. The Hall–Kier alpha value is -1.02. The maximum Gasteiger partial charge on any atom is 0.0373 e. The summed E-state index contributed by atoms with van der Waals surface area (Å²) in [5, 5.41) is 3.42. The standard InChI is InChI=1S/C15H22N2/c1-15(2)6-8-17(11-15)10-12-3-4-14-13(9-12)5-7-16-14/h3-4,9,16H,5-8,10-11H2,1-2H3. The van der Waals surface area contributed by atoms with E-state index in [0.717, 1.165) is 13.1 Å². The zero-order chi connectivity index (χ0) is 11.9. The summed E-state index contributed by atoms with van der Waals surface area (Å²) in [6.45, 7) is 9.47. The molecule has 0 spiro atoms. The van der Waals surface area contributed by atoms with E-state index in [4.69, 9.17) is 0 Å². The molecule has 2 nitrogen and oxygen atoms in total. The minimum Gasteiger partial charge on any atom is -0.384 e. The Morgan fingerprint density at radius 2 is 2.24 bits per heavy atom. The topological polar surface area (TPSA) is 15.3 Å². The lowest BCUT2D eigenvalue weighted by atomic mass is 9.93. The summed E-state index contributed by atoms with van der Waals surface area (Å²) in [6, 6.07) is 6.92. The molecule has 92 valence electrons. The van der Waals surface area contributed by atoms with Crippen molar-refractivity contribution >= 4 is 5.69 Å². The van der Waals surface area contributed by atoms with Crippen LogP contribution in [0.2, 0.25) is 0 Å². The number of likely N-dealkylation sites (tertiary alicyclic amines) is 1. The maximum absolute atomic E-state index is 3.42. The first kappa shape index (κ1) is 11.1. The molecule has 2 heteroatoms. The summed E-state index contributed by atoms with van der Waals surface area (Å²) in [6.07, 6.45) is 2.52. The zero-order valence-electron chi connectivity index (χ0n) is 10.9. The van der Waals surface area contributed by atoms with Crippen LogP contribution in [0.15, 0.2) is 18.2 Å². The average molecular weight is 230 g/mol. The van der Waals surface area contributed by atoms with E-state index in [-0.39, 0.29) is 0 Å². The van der Waals surface area contributed by atoms with Gasteiger partial charge in [0.1, 0.15) is 0 Å². The summed E-state index contributed by atoms with van der Waals surface area (Å²) < 4.78 is 0. The van der Waals surface area contributed by atoms with Gasteiger partial charge in [0.05, 0.1) is 0 Å². The largest absolute Gasteiger partial charge is 0.384 e. The van der Waals surface area contributed by atoms with E-state index in [1.54, 1.807) is 0 Å². The molecule has 0 saturated carbocycles. The van der Waals surface area contributed by atoms with Gasteiger partial charge in [-0.25, -0.2) is 0 Å². The van der Waals surface area contributed by atoms with Crippen molar-refractivity contribution in [2.75, 3.05) is 25.0 Å². The summed E-state index contributed by atoms with van der Waals surface area (Å²) in [7, 11) is 0. The van der Waals surface area contributed by atoms with Crippen molar-refractivity contribution in [3.63, 3.8) is 0 Å². The molecule has 2 aliphatic heterocycles. The predicted octanol–water partition coefficient (Wildman–Crippen LogP) is 2.89. The molecule has 1 saturated heterocycles. The van der Waals surface area contributed by atoms with Gasteiger partial charge in [-0.05, 0) is 42.0 Å². The Morgan fingerprint density at radius 1 is 1.35 bits per heavy atom. The lowest BCUT2D eigenvalue weighted by Gasteiger charge is -2.20. The van der Waals surface area contributed by atoms with Crippen molar-refractivity contribution in [3.05, 3.63) is 29.3 Å². The van der Waals surface area contributed by atoms with Crippen LogP contribution in [0.1, 0.15) is 31.4 Å². The molecule has 0 aliphatic carbocycles. The zero-order valence-corrected chi connectivity index (χ0v) is 10.9. The van der Waals surface area contributed by atoms with E-state index in [2.05, 4.69) is 42.3 Å². The van der Waals surface area contributed by atoms with Crippen LogP contribution < -0.4 is 5.32 Å². The molecule has 2 aliphatic rings. The summed E-state index contributed by atoms with van der Waals surface area (Å²) in [5.41, 5.74) is 4.83. The summed E-state index contributed by atoms with van der Waals surface area (Å²) >= 11 is 0. The molecule has 1 N–H and O–H groups in total. The van der Waals surface area contributed by atoms with Crippen molar-refractivity contribution in [1.29, 1.82) is 0 Å². The van der Waals surface area contributed by atoms with Gasteiger partial charge in [0.15, 0.2) is 0 Å². The van der Waals surface area contributed by atoms with Crippen LogP contribution in [-0.4, -0.2) is 24.5 Å². The minimum atomic E-state index is 0.512. The van der Waals surface area contributed by atoms with Crippen LogP contribution >= 0.6 is 0 Å². The number of hydrogen-bond donors (Lipinski definition) is 1. The van der Waals surface area contributed by atoms with Crippen LogP contribution in [0.25, 0.3) is 0 Å². The quantitative estimate of drug-likeness (QED) is 0.840. The highest BCUT2D eigenvalue weighted by Gasteiger charge is 2.28. The molecule has 17 heavy (non-hydrogen) atoms. The molecule has 0 atom stereocenters. The van der Waals surface area contributed by atoms with Crippen molar-refractivity contribution in [1.82, 2.24) is 4.90 Å². The second-order valence-electron chi connectivity index (χ2n) is 6.29. The van der Waals surface area contributed by atoms with Crippen molar-refractivity contribution < 1.29 is 0 Å². The Labute approximate surface area is 104 Å². The number of hydrogen-bond acceptors (Lipinski definition) is 2. The van der Waals surface area contributed by atoms with Crippen LogP contribution in [-0.2, 0) is 13.0 Å². The first-order valence-electron chi connectivity index (χ1n) is 6.70. The highest BCUT2D eigenvalue weighted by atomic mass is 15.1. The second kappa shape index (κ2) is 4.02. The van der Waals surface area contributed by atoms with Crippen LogP contribution in [0.3, 0.4) is 0 Å². The van der Waals surface area contributed by atoms with E-state index < -0.39 is 0 Å². The third kappa shape index (κ3) is 2.32. The van der Waals surface area contributed by atoms with Crippen LogP contribution in [0, 0.1) is 5.41 Å². The molecule has 0 aromatic heterocycles. The second-order valence-corrected chi connectivity index (χ2v) is 6.29. The average Bonchev–Trinajstić information content (AvgIpc) is 2.84. The van der Waals surface area contributed by atoms with E-state index in [1.807, 2.05) is 0 Å². The van der Waals surface area contributed by atoms with Gasteiger partial charge < -0.3 is 5.32 Å². The van der Waals surface area contributed by atoms with Gasteiger partial charge in [-0.2, -0.15) is 0 Å². The van der Waals surface area contributed by atoms with E-state index in [0.29, 0.717) is 5.41 Å². The van der Waals surface area contributed by atoms with Gasteiger partial charge in [0.25, 0.3) is 0 Å². The van der Waals surface area contributed by atoms with E-state index in [9.17, 15) is 0 Å². The number of nitrogens with one attached hydrogen (secondary N) is 1. The lowest BCUT2D eigenvalue weighted by molar-refractivity contribution is 0.284. The van der Waals surface area contributed by atoms with Gasteiger partial charge >= 0.3 is 0 Å². The normalized spacial score (nSPS) is 22.5. The summed E-state index contributed by atoms with van der Waals surface area (Å²) in [5.74, 6) is 0. The van der Waals surface area contributed by atoms with Crippen molar-refractivity contribution in [2.24, 2.45) is 5.41 Å². The smallest absolute Gasteiger partial charge is 0.0373 e. The number of fused-ring (bicyclic) bond motifs is 1. The Bertz CT molecular complexity index is 423. The minimum absolute atomic E-state index is 0.512. The van der Waals surface area contributed by atoms with E-state index >= 15 is 0 Å². The van der Waals surface area contributed by atoms with Gasteiger partial charge in [-0.15, -0.1) is 0 Å². The first-order valence-corrected chi connectivity index (χ1v) is 6.70. The number of benzene rings is 1.